The van der Waals surface area contributed by atoms with Gasteiger partial charge in [0.15, 0.2) is 0 Å². The van der Waals surface area contributed by atoms with Gasteiger partial charge in [-0.25, -0.2) is 33.0 Å². The van der Waals surface area contributed by atoms with Crippen molar-refractivity contribution in [1.82, 2.24) is 46.0 Å². The molecule has 0 radical (unpaired) electrons. The lowest BCUT2D eigenvalue weighted by atomic mass is 9.82. The lowest BCUT2D eigenvalue weighted by Crippen LogP contribution is -2.72. The lowest BCUT2D eigenvalue weighted by Gasteiger charge is -2.59. The molecule has 6 N–H and O–H groups in total. The fourth-order valence-corrected chi connectivity index (χ4v) is 9.24. The predicted molar refractivity (Wildman–Crippen MR) is 260 cm³/mol. The fraction of sp³-hybridized carbons (Fsp3) is 0.490. The Bertz CT molecular complexity index is 2870. The van der Waals surface area contributed by atoms with Gasteiger partial charge in [-0.1, -0.05) is 24.0 Å². The van der Waals surface area contributed by atoms with Crippen LogP contribution in [0.5, 0.6) is 0 Å². The van der Waals surface area contributed by atoms with Gasteiger partial charge in [0, 0.05) is 72.9 Å². The predicted octanol–water partition coefficient (Wildman–Crippen LogP) is 6.14. The number of pyridine rings is 1. The van der Waals surface area contributed by atoms with Crippen LogP contribution in [0.25, 0.3) is 11.1 Å². The van der Waals surface area contributed by atoms with Crippen molar-refractivity contribution in [1.29, 1.82) is 0 Å². The number of anilines is 1. The summed E-state index contributed by atoms with van der Waals surface area (Å²) >= 11 is 0. The van der Waals surface area contributed by atoms with Crippen molar-refractivity contribution in [3.8, 4) is 23.0 Å². The van der Waals surface area contributed by atoms with Gasteiger partial charge in [-0.2, -0.15) is 40.2 Å². The zero-order valence-corrected chi connectivity index (χ0v) is 42.9. The largest absolute Gasteiger partial charge is 0.465 e. The molecule has 2 bridgehead atoms. The number of nitrogens with one attached hydrogen (secondary N) is 4. The Kier molecular flexibility index (Phi) is 17.8. The number of amides is 4. The monoisotopic (exact) mass is 1130 g/mol. The minimum absolute atomic E-state index is 0.187. The number of methoxy groups -OCH3 is 1. The topological polar surface area (TPSA) is 216 Å². The number of aliphatic hydroxyl groups excluding tert-OH is 1. The van der Waals surface area contributed by atoms with Crippen LogP contribution in [0.4, 0.5) is 59.3 Å². The average molecular weight is 1130 g/mol. The van der Waals surface area contributed by atoms with Gasteiger partial charge in [-0.3, -0.25) is 19.9 Å². The molecule has 2 aromatic heterocycles. The van der Waals surface area contributed by atoms with Gasteiger partial charge in [0.05, 0.1) is 55.5 Å². The van der Waals surface area contributed by atoms with E-state index in [4.69, 9.17) is 4.74 Å². The van der Waals surface area contributed by atoms with Gasteiger partial charge < -0.3 is 40.5 Å². The van der Waals surface area contributed by atoms with Crippen LogP contribution in [0, 0.1) is 34.3 Å². The van der Waals surface area contributed by atoms with E-state index in [1.807, 2.05) is 22.9 Å². The summed E-state index contributed by atoms with van der Waals surface area (Å²) in [6, 6.07) is 5.21. The molecule has 2 aromatic carbocycles. The van der Waals surface area contributed by atoms with Crippen LogP contribution in [-0.4, -0.2) is 154 Å². The molecule has 4 fully saturated rings. The first-order valence-corrected chi connectivity index (χ1v) is 24.5. The Morgan fingerprint density at radius 2 is 1.39 bits per heavy atom. The number of nitrogens with zero attached hydrogens (tertiary/aromatic N) is 6. The van der Waals surface area contributed by atoms with E-state index in [0.717, 1.165) is 58.0 Å². The number of hydrogen-bond acceptors (Lipinski definition) is 12. The molecule has 428 valence electrons. The summed E-state index contributed by atoms with van der Waals surface area (Å²) in [6.07, 6.45) is -12.4. The Hall–Kier alpha value is -7.22. The molecule has 4 aliphatic heterocycles. The Morgan fingerprint density at radius 3 is 1.90 bits per heavy atom. The van der Waals surface area contributed by atoms with E-state index in [9.17, 15) is 64.5 Å². The fourth-order valence-electron chi connectivity index (χ4n) is 9.24. The maximum atomic E-state index is 16.0. The number of ether oxygens (including phenoxy) is 2. The van der Waals surface area contributed by atoms with Crippen molar-refractivity contribution in [2.45, 2.75) is 108 Å². The second-order valence-corrected chi connectivity index (χ2v) is 20.5. The van der Waals surface area contributed by atoms with Gasteiger partial charge in [0.25, 0.3) is 5.91 Å². The number of aromatic nitrogens is 3. The van der Waals surface area contributed by atoms with Gasteiger partial charge in [-0.15, -0.1) is 0 Å². The van der Waals surface area contributed by atoms with Crippen LogP contribution in [0.1, 0.15) is 62.9 Å². The minimum Gasteiger partial charge on any atom is -0.465 e. The van der Waals surface area contributed by atoms with Crippen molar-refractivity contribution in [2.75, 3.05) is 44.9 Å². The highest BCUT2D eigenvalue weighted by Gasteiger charge is 2.57. The van der Waals surface area contributed by atoms with Crippen molar-refractivity contribution in [3.05, 3.63) is 101 Å². The molecular weight excluding hydrogens is 1070 g/mol. The van der Waals surface area contributed by atoms with Crippen LogP contribution in [0.2, 0.25) is 0 Å². The molecule has 6 heterocycles. The molecule has 6 atom stereocenters. The molecule has 0 saturated carbocycles. The lowest BCUT2D eigenvalue weighted by molar-refractivity contribution is -0.221. The van der Waals surface area contributed by atoms with Gasteiger partial charge in [0.1, 0.15) is 29.5 Å². The number of halogens is 10. The first kappa shape index (κ1) is 59.4. The van der Waals surface area contributed by atoms with Crippen LogP contribution in [-0.2, 0) is 32.0 Å². The molecule has 4 aliphatic rings. The third kappa shape index (κ3) is 13.6. The maximum absolute atomic E-state index is 16.0. The summed E-state index contributed by atoms with van der Waals surface area (Å²) in [7, 11) is 0.811. The van der Waals surface area contributed by atoms with Crippen LogP contribution in [0.15, 0.2) is 67.1 Å². The number of carboxylic acid groups (broad SMARTS) is 1. The maximum Gasteiger partial charge on any atom is 0.407 e. The number of rotatable bonds is 19. The highest BCUT2D eigenvalue weighted by atomic mass is 19.4. The third-order valence-corrected chi connectivity index (χ3v) is 14.4. The second kappa shape index (κ2) is 23.6. The molecule has 4 aromatic rings. The zero-order chi connectivity index (χ0) is 57.9. The zero-order valence-electron chi connectivity index (χ0n) is 42.9. The first-order chi connectivity index (χ1) is 37.0. The van der Waals surface area contributed by atoms with E-state index in [1.54, 1.807) is 6.20 Å². The molecule has 4 saturated heterocycles. The number of hydrazine groups is 1. The number of piperazine rings is 1. The Morgan fingerprint density at radius 1 is 0.810 bits per heavy atom. The van der Waals surface area contributed by atoms with Crippen LogP contribution in [0.3, 0.4) is 0 Å². The number of carbonyl (C=O) groups is 4. The summed E-state index contributed by atoms with van der Waals surface area (Å²) in [5.41, 5.74) is -4.47. The quantitative estimate of drug-likeness (QED) is 0.0354. The Labute approximate surface area is 445 Å². The molecule has 79 heavy (non-hydrogen) atoms. The molecule has 28 heteroatoms. The number of aliphatic hydroxyl groups is 1. The molecular formula is C51H56F10N10O8. The van der Waals surface area contributed by atoms with Crippen molar-refractivity contribution in [2.24, 2.45) is 10.8 Å². The van der Waals surface area contributed by atoms with E-state index >= 15 is 8.78 Å². The highest BCUT2D eigenvalue weighted by Crippen LogP contribution is 2.42. The number of alkyl carbamates (subject to hydrolysis) is 1. The van der Waals surface area contributed by atoms with E-state index in [-0.39, 0.29) is 21.4 Å². The van der Waals surface area contributed by atoms with E-state index < -0.39 is 115 Å². The number of carbonyl (C=O) groups excluding carboxylic acids is 3. The van der Waals surface area contributed by atoms with Crippen molar-refractivity contribution < 1.29 is 82.8 Å². The molecule has 18 nitrogen and oxygen atoms in total. The number of hydrogen-bond donors (Lipinski definition) is 6. The standard InChI is InChI=1S/C51H56F10N10O8/c1-48(2,50(56,57)58)41(66-47(77)78-5)43(73)64-38(14-28-9-6-27(7-10-28)8-11-29-12-13-40(62-18-29)71-32-17-33(71)22-68(21-32)34-25-79-26-34)39(72)24-69(67-44(74)42(65-46(75)76)49(3,4)51(59,60)61)23-35-36(52)15-30(16-37(35)53)31-19-63-70(20-31)45(54)55/h6-7,9-10,12-13,15-16,18-20,32-34,38-39,41-42,45,65,72H,14,17,21-26H2,1-5H3,(H,64,73)(H,66,77)(H,67,74)(H,75,76). The normalized spacial score (nSPS) is 18.5. The smallest absolute Gasteiger partial charge is 0.407 e. The van der Waals surface area contributed by atoms with Crippen molar-refractivity contribution >= 4 is 29.8 Å². The molecule has 8 rings (SSSR count). The minimum atomic E-state index is -5.28. The van der Waals surface area contributed by atoms with Gasteiger partial charge >= 0.3 is 31.1 Å². The Balaban J connectivity index is 1.18. The SMILES string of the molecule is COC(=O)NC(C(=O)NC(Cc1ccc(C#Cc2ccc(N3C4CC3CN(C3COC3)C4)nc2)cc1)C(O)CN(Cc1c(F)cc(-c2cnn(C(F)F)c2)cc1F)NC(=O)C(NC(=O)O)C(C)(C)C(F)(F)F)C(C)(C)C(F)(F)F. The summed E-state index contributed by atoms with van der Waals surface area (Å²) in [5, 5.41) is 30.9. The van der Waals surface area contributed by atoms with E-state index in [0.29, 0.717) is 74.1 Å². The highest BCUT2D eigenvalue weighted by molar-refractivity contribution is 5.87. The summed E-state index contributed by atoms with van der Waals surface area (Å²) in [6.45, 7) is -0.0460. The third-order valence-electron chi connectivity index (χ3n) is 14.4. The number of alkyl halides is 8. The van der Waals surface area contributed by atoms with E-state index in [2.05, 4.69) is 41.8 Å². The first-order valence-electron chi connectivity index (χ1n) is 24.5. The molecule has 6 unspecified atom stereocenters. The van der Waals surface area contributed by atoms with Gasteiger partial charge in [0.2, 0.25) is 5.91 Å². The number of piperidine rings is 1. The van der Waals surface area contributed by atoms with E-state index in [1.165, 1.54) is 29.6 Å². The summed E-state index contributed by atoms with van der Waals surface area (Å²) in [4.78, 5) is 61.4. The number of benzene rings is 2. The van der Waals surface area contributed by atoms with Crippen LogP contribution < -0.4 is 26.3 Å². The van der Waals surface area contributed by atoms with Gasteiger partial charge in [-0.05, 0) is 88.1 Å². The molecule has 4 amide bonds. The van der Waals surface area contributed by atoms with Crippen molar-refractivity contribution in [3.63, 3.8) is 0 Å². The molecule has 0 spiro atoms. The summed E-state index contributed by atoms with van der Waals surface area (Å²) in [5.74, 6) is 0.634. The average Bonchev–Trinajstić information content (AvgIpc) is 4.05. The van der Waals surface area contributed by atoms with Crippen LogP contribution >= 0.6 is 0 Å². The molecule has 0 aliphatic carbocycles. The number of fused-ring (bicyclic) bond motifs is 2. The second-order valence-electron chi connectivity index (χ2n) is 20.5. The summed E-state index contributed by atoms with van der Waals surface area (Å²) < 4.78 is 155.